The third kappa shape index (κ3) is 3.66. The van der Waals surface area contributed by atoms with Crippen LogP contribution >= 0.6 is 34.1 Å². The maximum absolute atomic E-state index is 14.6. The van der Waals surface area contributed by atoms with Gasteiger partial charge < -0.3 is 0 Å². The van der Waals surface area contributed by atoms with Crippen LogP contribution in [0.3, 0.4) is 0 Å². The summed E-state index contributed by atoms with van der Waals surface area (Å²) in [6.45, 7) is 0.456. The van der Waals surface area contributed by atoms with Crippen LogP contribution in [0.1, 0.15) is 5.56 Å². The fourth-order valence-corrected chi connectivity index (χ4v) is 4.90. The Bertz CT molecular complexity index is 1230. The minimum atomic E-state index is -4.12. The molecule has 0 unspecified atom stereocenters. The molecule has 4 rings (SSSR count). The van der Waals surface area contributed by atoms with Gasteiger partial charge in [0.15, 0.2) is 0 Å². The smallest absolute Gasteiger partial charge is 0.260 e. The van der Waals surface area contributed by atoms with E-state index in [4.69, 9.17) is 0 Å². The molecule has 138 valence electrons. The zero-order valence-electron chi connectivity index (χ0n) is 13.5. The minimum absolute atomic E-state index is 0.0730. The molecule has 1 N–H and O–H groups in total. The van der Waals surface area contributed by atoms with E-state index in [1.165, 1.54) is 24.7 Å². The normalized spacial score (nSPS) is 11.8. The van der Waals surface area contributed by atoms with Crippen molar-refractivity contribution in [2.24, 2.45) is 0 Å². The number of hydrogen-bond donors (Lipinski definition) is 1. The third-order valence-electron chi connectivity index (χ3n) is 3.85. The van der Waals surface area contributed by atoms with Crippen LogP contribution in [0.5, 0.6) is 0 Å². The van der Waals surface area contributed by atoms with Gasteiger partial charge in [-0.05, 0) is 40.3 Å². The molecule has 4 aromatic rings. The predicted octanol–water partition coefficient (Wildman–Crippen LogP) is 3.48. The van der Waals surface area contributed by atoms with Crippen LogP contribution in [0, 0.1) is 9.39 Å². The standard InChI is InChI=1S/C16H11FIN5O2S2/c17-12-6-14-11(5-15(12)27(24,25)22-16-19-9-21-26-16)7-20-23(14)8-10-3-1-2-4-13(10)18/h1-7,9H,8H2,(H,19,21,22). The number of fused-ring (bicyclic) bond motifs is 1. The van der Waals surface area contributed by atoms with Crippen molar-refractivity contribution >= 4 is 60.2 Å². The Kier molecular flexibility index (Phi) is 4.82. The lowest BCUT2D eigenvalue weighted by Gasteiger charge is -2.08. The Hall–Kier alpha value is -2.12. The van der Waals surface area contributed by atoms with Gasteiger partial charge in [-0.2, -0.15) is 9.47 Å². The van der Waals surface area contributed by atoms with Gasteiger partial charge in [0.05, 0.1) is 18.3 Å². The van der Waals surface area contributed by atoms with Gasteiger partial charge in [-0.1, -0.05) is 18.2 Å². The van der Waals surface area contributed by atoms with Gasteiger partial charge in [0.2, 0.25) is 5.13 Å². The van der Waals surface area contributed by atoms with Crippen molar-refractivity contribution in [2.45, 2.75) is 11.4 Å². The molecule has 11 heteroatoms. The van der Waals surface area contributed by atoms with Gasteiger partial charge in [-0.3, -0.25) is 9.40 Å². The monoisotopic (exact) mass is 515 g/mol. The lowest BCUT2D eigenvalue weighted by atomic mass is 10.2. The molecule has 27 heavy (non-hydrogen) atoms. The zero-order valence-corrected chi connectivity index (χ0v) is 17.3. The fourth-order valence-electron chi connectivity index (χ4n) is 2.59. The molecule has 7 nitrogen and oxygen atoms in total. The Labute approximate surface area is 171 Å². The molecule has 0 bridgehead atoms. The molecule has 2 aromatic heterocycles. The average molecular weight is 515 g/mol. The first-order valence-corrected chi connectivity index (χ1v) is 11.0. The second kappa shape index (κ2) is 7.13. The van der Waals surface area contributed by atoms with Crippen molar-refractivity contribution in [3.8, 4) is 0 Å². The summed E-state index contributed by atoms with van der Waals surface area (Å²) >= 11 is 3.10. The van der Waals surface area contributed by atoms with Gasteiger partial charge in [0.25, 0.3) is 10.0 Å². The quantitative estimate of drug-likeness (QED) is 0.412. The average Bonchev–Trinajstić information content (AvgIpc) is 3.26. The maximum atomic E-state index is 14.6. The lowest BCUT2D eigenvalue weighted by Crippen LogP contribution is -2.14. The summed E-state index contributed by atoms with van der Waals surface area (Å²) in [7, 11) is -4.12. The van der Waals surface area contributed by atoms with E-state index < -0.39 is 20.7 Å². The van der Waals surface area contributed by atoms with Crippen LogP contribution < -0.4 is 4.72 Å². The van der Waals surface area contributed by atoms with Gasteiger partial charge >= 0.3 is 0 Å². The number of nitrogens with one attached hydrogen (secondary N) is 1. The van der Waals surface area contributed by atoms with E-state index in [1.54, 1.807) is 4.68 Å². The van der Waals surface area contributed by atoms with Crippen molar-refractivity contribution in [3.05, 3.63) is 63.9 Å². The molecule has 2 heterocycles. The molecule has 0 atom stereocenters. The van der Waals surface area contributed by atoms with Crippen LogP contribution in [0.15, 0.2) is 53.8 Å². The van der Waals surface area contributed by atoms with Crippen LogP contribution in [0.2, 0.25) is 0 Å². The van der Waals surface area contributed by atoms with Gasteiger partial charge in [0.1, 0.15) is 17.0 Å². The molecule has 0 aliphatic heterocycles. The van der Waals surface area contributed by atoms with Gasteiger partial charge in [-0.25, -0.2) is 17.8 Å². The van der Waals surface area contributed by atoms with Crippen molar-refractivity contribution in [1.82, 2.24) is 19.1 Å². The largest absolute Gasteiger partial charge is 0.266 e. The van der Waals surface area contributed by atoms with Crippen LogP contribution in [0.4, 0.5) is 9.52 Å². The molecule has 0 aliphatic carbocycles. The molecule has 0 aliphatic rings. The number of benzene rings is 2. The molecule has 2 aromatic carbocycles. The lowest BCUT2D eigenvalue weighted by molar-refractivity contribution is 0.571. The van der Waals surface area contributed by atoms with Gasteiger partial charge in [0, 0.05) is 26.6 Å². The highest BCUT2D eigenvalue weighted by atomic mass is 127. The SMILES string of the molecule is O=S(=O)(Nc1ncns1)c1cc2cnn(Cc3ccccc3I)c2cc1F. The van der Waals surface area contributed by atoms with E-state index in [1.807, 2.05) is 24.3 Å². The second-order valence-electron chi connectivity index (χ2n) is 5.59. The molecule has 0 saturated heterocycles. The summed E-state index contributed by atoms with van der Waals surface area (Å²) in [6.07, 6.45) is 2.74. The topological polar surface area (TPSA) is 89.8 Å². The number of halogens is 2. The zero-order chi connectivity index (χ0) is 19.0. The van der Waals surface area contributed by atoms with Crippen molar-refractivity contribution in [2.75, 3.05) is 4.72 Å². The van der Waals surface area contributed by atoms with E-state index in [9.17, 15) is 12.8 Å². The first-order valence-electron chi connectivity index (χ1n) is 7.62. The molecular weight excluding hydrogens is 504 g/mol. The first kappa shape index (κ1) is 18.3. The van der Waals surface area contributed by atoms with Crippen molar-refractivity contribution in [1.29, 1.82) is 0 Å². The number of hydrogen-bond acceptors (Lipinski definition) is 6. The van der Waals surface area contributed by atoms with Crippen LogP contribution in [-0.4, -0.2) is 27.6 Å². The maximum Gasteiger partial charge on any atom is 0.266 e. The highest BCUT2D eigenvalue weighted by Gasteiger charge is 2.22. The fraction of sp³-hybridized carbons (Fsp3) is 0.0625. The Morgan fingerprint density at radius 2 is 2.07 bits per heavy atom. The number of sulfonamides is 1. The number of aromatic nitrogens is 4. The van der Waals surface area contributed by atoms with Crippen LogP contribution in [0.25, 0.3) is 10.9 Å². The first-order chi connectivity index (χ1) is 12.9. The summed E-state index contributed by atoms with van der Waals surface area (Å²) in [6, 6.07) is 10.3. The minimum Gasteiger partial charge on any atom is -0.260 e. The summed E-state index contributed by atoms with van der Waals surface area (Å²) in [4.78, 5) is 3.30. The molecular formula is C16H11FIN5O2S2. The Morgan fingerprint density at radius 1 is 1.26 bits per heavy atom. The highest BCUT2D eigenvalue weighted by Crippen LogP contribution is 2.25. The summed E-state index contributed by atoms with van der Waals surface area (Å²) < 4.78 is 48.2. The molecule has 0 saturated carbocycles. The van der Waals surface area contributed by atoms with Crippen LogP contribution in [-0.2, 0) is 16.6 Å². The molecule has 0 fully saturated rings. The second-order valence-corrected chi connectivity index (χ2v) is 9.18. The third-order valence-corrected chi connectivity index (χ3v) is 6.96. The number of rotatable bonds is 5. The summed E-state index contributed by atoms with van der Waals surface area (Å²) in [5.41, 5.74) is 1.56. The number of nitrogens with zero attached hydrogens (tertiary/aromatic N) is 4. The van der Waals surface area contributed by atoms with Crippen molar-refractivity contribution in [3.63, 3.8) is 0 Å². The van der Waals surface area contributed by atoms with E-state index in [0.717, 1.165) is 20.7 Å². The predicted molar refractivity (Wildman–Crippen MR) is 109 cm³/mol. The van der Waals surface area contributed by atoms with Crippen molar-refractivity contribution < 1.29 is 12.8 Å². The van der Waals surface area contributed by atoms with E-state index in [2.05, 4.69) is 41.8 Å². The van der Waals surface area contributed by atoms with Gasteiger partial charge in [-0.15, -0.1) is 0 Å². The van der Waals surface area contributed by atoms with E-state index >= 15 is 0 Å². The molecule has 0 amide bonds. The van der Waals surface area contributed by atoms with E-state index in [-0.39, 0.29) is 5.13 Å². The molecule has 0 radical (unpaired) electrons. The Balaban J connectivity index is 1.72. The van der Waals surface area contributed by atoms with E-state index in [0.29, 0.717) is 17.4 Å². The summed E-state index contributed by atoms with van der Waals surface area (Å²) in [5.74, 6) is -0.857. The highest BCUT2D eigenvalue weighted by molar-refractivity contribution is 14.1. The molecule has 0 spiro atoms. The Morgan fingerprint density at radius 3 is 2.81 bits per heavy atom. The summed E-state index contributed by atoms with van der Waals surface area (Å²) in [5, 5.41) is 4.88. The number of anilines is 1.